The molecule has 0 aliphatic carbocycles. The fraction of sp³-hybridized carbons (Fsp3) is 0.318. The third-order valence-electron chi connectivity index (χ3n) is 4.53. The molecule has 0 saturated heterocycles. The lowest BCUT2D eigenvalue weighted by atomic mass is 10.1. The maximum absolute atomic E-state index is 12.9. The smallest absolute Gasteiger partial charge is 0.257 e. The van der Waals surface area contributed by atoms with Crippen molar-refractivity contribution in [3.8, 4) is 11.5 Å². The molecule has 0 radical (unpaired) electrons. The summed E-state index contributed by atoms with van der Waals surface area (Å²) in [6.45, 7) is 3.48. The molecule has 0 amide bonds. The first-order valence-corrected chi connectivity index (χ1v) is 9.78. The molecule has 6 nitrogen and oxygen atoms in total. The zero-order valence-corrected chi connectivity index (χ0v) is 19.5. The van der Waals surface area contributed by atoms with E-state index in [1.165, 1.54) is 17.7 Å². The van der Waals surface area contributed by atoms with Crippen molar-refractivity contribution < 1.29 is 8.91 Å². The monoisotopic (exact) mass is 523 g/mol. The fourth-order valence-electron chi connectivity index (χ4n) is 2.85. The highest BCUT2D eigenvalue weighted by Crippen LogP contribution is 2.18. The summed E-state index contributed by atoms with van der Waals surface area (Å²) >= 11 is 0. The van der Waals surface area contributed by atoms with Gasteiger partial charge in [0.2, 0.25) is 0 Å². The van der Waals surface area contributed by atoms with E-state index in [4.69, 9.17) is 4.52 Å². The molecule has 0 bridgehead atoms. The summed E-state index contributed by atoms with van der Waals surface area (Å²) in [4.78, 5) is 8.58. The standard InChI is InChI=1S/C22H26FN5O.HI/c1-3-20-27-21(29-28-20)18-8-4-16(5-9-18)12-14-25-22(24-2)26-15-13-17-6-10-19(23)11-7-17;/h4-11H,3,12-15H2,1-2H3,(H2,24,25,26);1H. The predicted octanol–water partition coefficient (Wildman–Crippen LogP) is 4.01. The van der Waals surface area contributed by atoms with Crippen molar-refractivity contribution >= 4 is 29.9 Å². The first-order chi connectivity index (χ1) is 14.2. The molecule has 0 aliphatic heterocycles. The second kappa shape index (κ2) is 12.3. The summed E-state index contributed by atoms with van der Waals surface area (Å²) in [7, 11) is 1.75. The molecule has 2 aromatic carbocycles. The zero-order chi connectivity index (χ0) is 20.5. The molecule has 3 rings (SSSR count). The van der Waals surface area contributed by atoms with Gasteiger partial charge in [-0.2, -0.15) is 4.98 Å². The molecular weight excluding hydrogens is 496 g/mol. The van der Waals surface area contributed by atoms with E-state index in [1.54, 1.807) is 19.2 Å². The topological polar surface area (TPSA) is 75.3 Å². The van der Waals surface area contributed by atoms with E-state index >= 15 is 0 Å². The van der Waals surface area contributed by atoms with Gasteiger partial charge in [-0.25, -0.2) is 4.39 Å². The molecule has 160 valence electrons. The Hall–Kier alpha value is -2.49. The molecule has 30 heavy (non-hydrogen) atoms. The molecule has 0 unspecified atom stereocenters. The summed E-state index contributed by atoms with van der Waals surface area (Å²) in [5.74, 6) is 1.81. The average Bonchev–Trinajstić information content (AvgIpc) is 3.24. The number of guanidine groups is 1. The maximum atomic E-state index is 12.9. The molecule has 1 heterocycles. The Balaban J connectivity index is 0.00000320. The Labute approximate surface area is 193 Å². The number of halogens is 2. The van der Waals surface area contributed by atoms with Crippen LogP contribution in [0.5, 0.6) is 0 Å². The number of hydrogen-bond donors (Lipinski definition) is 2. The van der Waals surface area contributed by atoms with Gasteiger partial charge in [0.1, 0.15) is 5.82 Å². The van der Waals surface area contributed by atoms with Crippen LogP contribution in [0.25, 0.3) is 11.5 Å². The van der Waals surface area contributed by atoms with Crippen LogP contribution < -0.4 is 10.6 Å². The number of aliphatic imine (C=N–C) groups is 1. The van der Waals surface area contributed by atoms with Crippen molar-refractivity contribution in [3.05, 3.63) is 71.3 Å². The van der Waals surface area contributed by atoms with Gasteiger partial charge >= 0.3 is 0 Å². The van der Waals surface area contributed by atoms with Crippen LogP contribution in [0.3, 0.4) is 0 Å². The quantitative estimate of drug-likeness (QED) is 0.265. The minimum absolute atomic E-state index is 0. The van der Waals surface area contributed by atoms with Gasteiger partial charge in [0.25, 0.3) is 5.89 Å². The number of benzene rings is 2. The molecule has 0 fully saturated rings. The predicted molar refractivity (Wildman–Crippen MR) is 128 cm³/mol. The van der Waals surface area contributed by atoms with E-state index in [0.29, 0.717) is 11.7 Å². The third-order valence-corrected chi connectivity index (χ3v) is 4.53. The van der Waals surface area contributed by atoms with Crippen LogP contribution in [-0.2, 0) is 19.3 Å². The van der Waals surface area contributed by atoms with E-state index in [2.05, 4.69) is 37.9 Å². The molecule has 3 aromatic rings. The molecule has 0 aliphatic rings. The first kappa shape index (κ1) is 23.8. The van der Waals surface area contributed by atoms with Crippen molar-refractivity contribution in [1.29, 1.82) is 0 Å². The number of hydrogen-bond acceptors (Lipinski definition) is 4. The summed E-state index contributed by atoms with van der Waals surface area (Å²) in [5.41, 5.74) is 3.21. The number of nitrogens with zero attached hydrogens (tertiary/aromatic N) is 3. The van der Waals surface area contributed by atoms with E-state index in [1.807, 2.05) is 19.1 Å². The SMILES string of the molecule is CCc1noc(-c2ccc(CCNC(=NC)NCCc3ccc(F)cc3)cc2)n1.I. The average molecular weight is 523 g/mol. The lowest BCUT2D eigenvalue weighted by Crippen LogP contribution is -2.39. The second-order valence-corrected chi connectivity index (χ2v) is 6.62. The van der Waals surface area contributed by atoms with Gasteiger partial charge in [0.15, 0.2) is 11.8 Å². The number of rotatable bonds is 8. The molecule has 0 atom stereocenters. The molecule has 0 spiro atoms. The Morgan fingerprint density at radius 3 is 2.03 bits per heavy atom. The normalized spacial score (nSPS) is 11.1. The highest BCUT2D eigenvalue weighted by molar-refractivity contribution is 14.0. The largest absolute Gasteiger partial charge is 0.356 e. The summed E-state index contributed by atoms with van der Waals surface area (Å²) in [6.07, 6.45) is 2.42. The van der Waals surface area contributed by atoms with E-state index in [0.717, 1.165) is 49.4 Å². The van der Waals surface area contributed by atoms with Gasteiger partial charge in [0, 0.05) is 32.1 Å². The van der Waals surface area contributed by atoms with Crippen LogP contribution in [-0.4, -0.2) is 36.2 Å². The number of aromatic nitrogens is 2. The van der Waals surface area contributed by atoms with Crippen LogP contribution in [0.4, 0.5) is 4.39 Å². The Kier molecular flexibility index (Phi) is 9.72. The van der Waals surface area contributed by atoms with Crippen LogP contribution >= 0.6 is 24.0 Å². The maximum Gasteiger partial charge on any atom is 0.257 e. The van der Waals surface area contributed by atoms with E-state index in [-0.39, 0.29) is 29.8 Å². The minimum atomic E-state index is -0.213. The number of aryl methyl sites for hydroxylation is 1. The van der Waals surface area contributed by atoms with Gasteiger partial charge in [-0.15, -0.1) is 24.0 Å². The minimum Gasteiger partial charge on any atom is -0.356 e. The lowest BCUT2D eigenvalue weighted by Gasteiger charge is -2.12. The molecule has 8 heteroatoms. The summed E-state index contributed by atoms with van der Waals surface area (Å²) in [5, 5.41) is 10.5. The van der Waals surface area contributed by atoms with Crippen LogP contribution in [0.2, 0.25) is 0 Å². The molecular formula is C22H27FIN5O. The van der Waals surface area contributed by atoms with E-state index in [9.17, 15) is 4.39 Å². The van der Waals surface area contributed by atoms with Crippen molar-refractivity contribution in [2.75, 3.05) is 20.1 Å². The lowest BCUT2D eigenvalue weighted by molar-refractivity contribution is 0.423. The van der Waals surface area contributed by atoms with Crippen LogP contribution in [0.1, 0.15) is 23.9 Å². The summed E-state index contributed by atoms with van der Waals surface area (Å²) in [6, 6.07) is 14.7. The third kappa shape index (κ3) is 7.08. The molecule has 1 aromatic heterocycles. The Bertz CT molecular complexity index is 925. The zero-order valence-electron chi connectivity index (χ0n) is 17.2. The fourth-order valence-corrected chi connectivity index (χ4v) is 2.85. The van der Waals surface area contributed by atoms with Crippen molar-refractivity contribution in [1.82, 2.24) is 20.8 Å². The van der Waals surface area contributed by atoms with E-state index < -0.39 is 0 Å². The van der Waals surface area contributed by atoms with Gasteiger partial charge in [-0.3, -0.25) is 4.99 Å². The number of nitrogens with one attached hydrogen (secondary N) is 2. The van der Waals surface area contributed by atoms with Crippen molar-refractivity contribution in [3.63, 3.8) is 0 Å². The van der Waals surface area contributed by atoms with Gasteiger partial charge in [0.05, 0.1) is 0 Å². The van der Waals surface area contributed by atoms with Crippen LogP contribution in [0.15, 0.2) is 58.0 Å². The Morgan fingerprint density at radius 2 is 1.53 bits per heavy atom. The van der Waals surface area contributed by atoms with Gasteiger partial charge in [-0.1, -0.05) is 36.3 Å². The van der Waals surface area contributed by atoms with Gasteiger partial charge < -0.3 is 15.2 Å². The molecule has 0 saturated carbocycles. The molecule has 2 N–H and O–H groups in total. The van der Waals surface area contributed by atoms with Gasteiger partial charge in [-0.05, 0) is 48.2 Å². The highest BCUT2D eigenvalue weighted by Gasteiger charge is 2.07. The second-order valence-electron chi connectivity index (χ2n) is 6.62. The van der Waals surface area contributed by atoms with Crippen LogP contribution in [0, 0.1) is 5.82 Å². The first-order valence-electron chi connectivity index (χ1n) is 9.78. The van der Waals surface area contributed by atoms with Crippen molar-refractivity contribution in [2.24, 2.45) is 4.99 Å². The highest BCUT2D eigenvalue weighted by atomic mass is 127. The summed E-state index contributed by atoms with van der Waals surface area (Å²) < 4.78 is 18.2. The Morgan fingerprint density at radius 1 is 0.967 bits per heavy atom. The van der Waals surface area contributed by atoms with Crippen molar-refractivity contribution in [2.45, 2.75) is 26.2 Å².